The van der Waals surface area contributed by atoms with Gasteiger partial charge in [0, 0.05) is 30.1 Å². The van der Waals surface area contributed by atoms with Gasteiger partial charge in [0.15, 0.2) is 0 Å². The highest BCUT2D eigenvalue weighted by Crippen LogP contribution is 2.29. The maximum Gasteiger partial charge on any atom is 0.321 e. The van der Waals surface area contributed by atoms with Gasteiger partial charge in [-0.2, -0.15) is 0 Å². The van der Waals surface area contributed by atoms with Crippen LogP contribution < -0.4 is 10.6 Å². The Morgan fingerprint density at radius 2 is 1.87 bits per heavy atom. The van der Waals surface area contributed by atoms with Gasteiger partial charge in [0.25, 0.3) is 0 Å². The molecule has 3 amide bonds. The maximum absolute atomic E-state index is 12.7. The van der Waals surface area contributed by atoms with E-state index >= 15 is 0 Å². The minimum Gasteiger partial charge on any atom is -0.349 e. The highest BCUT2D eigenvalue weighted by molar-refractivity contribution is 7.98. The molecule has 0 radical (unpaired) electrons. The number of nitrogens with one attached hydrogen (secondary N) is 2. The van der Waals surface area contributed by atoms with E-state index in [2.05, 4.69) is 28.8 Å². The van der Waals surface area contributed by atoms with E-state index in [1.807, 2.05) is 43.5 Å². The quantitative estimate of drug-likeness (QED) is 0.569. The number of aryl methyl sites for hydroxylation is 1. The second-order valence-corrected chi connectivity index (χ2v) is 8.49. The van der Waals surface area contributed by atoms with Crippen molar-refractivity contribution in [2.24, 2.45) is 0 Å². The lowest BCUT2D eigenvalue weighted by Crippen LogP contribution is -2.39. The number of nitrogens with zero attached hydrogens (tertiary/aromatic N) is 1. The van der Waals surface area contributed by atoms with Crippen molar-refractivity contribution in [3.8, 4) is 0 Å². The second kappa shape index (κ2) is 11.1. The molecule has 0 saturated carbocycles. The van der Waals surface area contributed by atoms with Gasteiger partial charge in [-0.25, -0.2) is 4.79 Å². The summed E-state index contributed by atoms with van der Waals surface area (Å²) in [6.07, 6.45) is 6.29. The Morgan fingerprint density at radius 3 is 2.60 bits per heavy atom. The molecule has 2 N–H and O–H groups in total. The maximum atomic E-state index is 12.7. The number of thioether (sulfide) groups is 1. The number of fused-ring (bicyclic) bond motifs is 1. The predicted octanol–water partition coefficient (Wildman–Crippen LogP) is 5.24. The topological polar surface area (TPSA) is 61.4 Å². The van der Waals surface area contributed by atoms with Crippen LogP contribution in [0, 0.1) is 0 Å². The number of carbonyl (C=O) groups excluding carboxylic acids is 2. The molecule has 1 aliphatic carbocycles. The number of benzene rings is 2. The number of hydrogen-bond acceptors (Lipinski definition) is 3. The second-order valence-electron chi connectivity index (χ2n) is 7.61. The van der Waals surface area contributed by atoms with E-state index < -0.39 is 0 Å². The summed E-state index contributed by atoms with van der Waals surface area (Å²) in [6.45, 7) is 3.06. The molecule has 0 aliphatic heterocycles. The molecule has 6 heteroatoms. The fourth-order valence-corrected chi connectivity index (χ4v) is 4.28. The van der Waals surface area contributed by atoms with Crippen molar-refractivity contribution in [1.29, 1.82) is 0 Å². The number of amides is 3. The van der Waals surface area contributed by atoms with E-state index in [0.717, 1.165) is 36.3 Å². The summed E-state index contributed by atoms with van der Waals surface area (Å²) < 4.78 is 0. The summed E-state index contributed by atoms with van der Waals surface area (Å²) in [4.78, 5) is 28.2. The lowest BCUT2D eigenvalue weighted by Gasteiger charge is -2.27. The van der Waals surface area contributed by atoms with Crippen molar-refractivity contribution in [2.75, 3.05) is 24.7 Å². The molecule has 1 aliphatic rings. The van der Waals surface area contributed by atoms with Crippen molar-refractivity contribution < 1.29 is 9.59 Å². The summed E-state index contributed by atoms with van der Waals surface area (Å²) in [6, 6.07) is 16.0. The lowest BCUT2D eigenvalue weighted by atomic mass is 9.87. The summed E-state index contributed by atoms with van der Waals surface area (Å²) in [5.74, 6) is -0.00469. The largest absolute Gasteiger partial charge is 0.349 e. The van der Waals surface area contributed by atoms with Crippen LogP contribution in [-0.4, -0.2) is 36.2 Å². The van der Waals surface area contributed by atoms with E-state index in [-0.39, 0.29) is 18.0 Å². The van der Waals surface area contributed by atoms with E-state index in [1.165, 1.54) is 11.1 Å². The van der Waals surface area contributed by atoms with Crippen molar-refractivity contribution in [3.05, 3.63) is 59.7 Å². The molecule has 160 valence electrons. The molecule has 0 saturated heterocycles. The first-order valence-electron chi connectivity index (χ1n) is 10.7. The third-order valence-corrected chi connectivity index (χ3v) is 6.18. The molecule has 3 rings (SSSR count). The van der Waals surface area contributed by atoms with Gasteiger partial charge in [-0.15, -0.1) is 11.8 Å². The van der Waals surface area contributed by atoms with Crippen molar-refractivity contribution >= 4 is 29.4 Å². The molecule has 0 bridgehead atoms. The van der Waals surface area contributed by atoms with E-state index in [9.17, 15) is 9.59 Å². The molecule has 2 aromatic rings. The predicted molar refractivity (Wildman–Crippen MR) is 124 cm³/mol. The standard InChI is InChI=1S/C24H31N3O2S/c1-3-16-27(24(29)25-19-11-13-20(30-2)14-12-19)17-15-23(28)26-22-10-6-8-18-7-4-5-9-21(18)22/h4-5,7,9,11-14,22H,3,6,8,10,15-17H2,1-2H3,(H,25,29)(H,26,28). The normalized spacial score (nSPS) is 15.2. The highest BCUT2D eigenvalue weighted by atomic mass is 32.2. The molecule has 0 heterocycles. The molecule has 0 fully saturated rings. The van der Waals surface area contributed by atoms with Crippen molar-refractivity contribution in [2.45, 2.75) is 50.0 Å². The number of rotatable bonds is 8. The van der Waals surface area contributed by atoms with Crippen LogP contribution in [-0.2, 0) is 11.2 Å². The molecular weight excluding hydrogens is 394 g/mol. The fourth-order valence-electron chi connectivity index (χ4n) is 3.87. The third kappa shape index (κ3) is 6.02. The smallest absolute Gasteiger partial charge is 0.321 e. The van der Waals surface area contributed by atoms with Gasteiger partial charge >= 0.3 is 6.03 Å². The molecule has 30 heavy (non-hydrogen) atoms. The molecule has 0 aromatic heterocycles. The van der Waals surface area contributed by atoms with Gasteiger partial charge in [-0.3, -0.25) is 4.79 Å². The summed E-state index contributed by atoms with van der Waals surface area (Å²) in [5.41, 5.74) is 3.32. The zero-order chi connectivity index (χ0) is 21.3. The zero-order valence-electron chi connectivity index (χ0n) is 17.8. The van der Waals surface area contributed by atoms with E-state index in [1.54, 1.807) is 16.7 Å². The van der Waals surface area contributed by atoms with Crippen molar-refractivity contribution in [3.63, 3.8) is 0 Å². The first-order chi connectivity index (χ1) is 14.6. The lowest BCUT2D eigenvalue weighted by molar-refractivity contribution is -0.122. The monoisotopic (exact) mass is 425 g/mol. The van der Waals surface area contributed by atoms with Gasteiger partial charge in [0.2, 0.25) is 5.91 Å². The average molecular weight is 426 g/mol. The summed E-state index contributed by atoms with van der Waals surface area (Å²) in [5, 5.41) is 6.12. The Morgan fingerprint density at radius 1 is 1.10 bits per heavy atom. The Balaban J connectivity index is 1.53. The van der Waals surface area contributed by atoms with Crippen LogP contribution in [0.5, 0.6) is 0 Å². The Hall–Kier alpha value is -2.47. The summed E-state index contributed by atoms with van der Waals surface area (Å²) >= 11 is 1.66. The minimum absolute atomic E-state index is 0.00469. The first-order valence-corrected chi connectivity index (χ1v) is 11.9. The number of carbonyl (C=O) groups is 2. The Labute approximate surface area is 183 Å². The first kappa shape index (κ1) is 22.2. The molecule has 5 nitrogen and oxygen atoms in total. The van der Waals surface area contributed by atoms with Crippen LogP contribution in [0.1, 0.15) is 49.8 Å². The SMILES string of the molecule is CCCN(CCC(=O)NC1CCCc2ccccc21)C(=O)Nc1ccc(SC)cc1. The van der Waals surface area contributed by atoms with E-state index in [4.69, 9.17) is 0 Å². The van der Waals surface area contributed by atoms with Crippen LogP contribution in [0.2, 0.25) is 0 Å². The highest BCUT2D eigenvalue weighted by Gasteiger charge is 2.22. The third-order valence-electron chi connectivity index (χ3n) is 5.44. The Bertz CT molecular complexity index is 854. The van der Waals surface area contributed by atoms with Crippen LogP contribution in [0.15, 0.2) is 53.4 Å². The molecule has 1 atom stereocenters. The average Bonchev–Trinajstić information content (AvgIpc) is 2.77. The van der Waals surface area contributed by atoms with Gasteiger partial charge < -0.3 is 15.5 Å². The van der Waals surface area contributed by atoms with E-state index in [0.29, 0.717) is 19.5 Å². The molecule has 0 spiro atoms. The van der Waals surface area contributed by atoms with Crippen molar-refractivity contribution in [1.82, 2.24) is 10.2 Å². The van der Waals surface area contributed by atoms with Gasteiger partial charge in [0.05, 0.1) is 6.04 Å². The number of urea groups is 1. The van der Waals surface area contributed by atoms with Crippen LogP contribution >= 0.6 is 11.8 Å². The van der Waals surface area contributed by atoms with Crippen LogP contribution in [0.25, 0.3) is 0 Å². The number of anilines is 1. The summed E-state index contributed by atoms with van der Waals surface area (Å²) in [7, 11) is 0. The Kier molecular flexibility index (Phi) is 8.20. The van der Waals surface area contributed by atoms with Gasteiger partial charge in [-0.1, -0.05) is 31.2 Å². The number of hydrogen-bond donors (Lipinski definition) is 2. The fraction of sp³-hybridized carbons (Fsp3) is 0.417. The zero-order valence-corrected chi connectivity index (χ0v) is 18.6. The van der Waals surface area contributed by atoms with Gasteiger partial charge in [0.1, 0.15) is 0 Å². The molecule has 2 aromatic carbocycles. The minimum atomic E-state index is -0.162. The van der Waals surface area contributed by atoms with Crippen LogP contribution in [0.3, 0.4) is 0 Å². The van der Waals surface area contributed by atoms with Gasteiger partial charge in [-0.05, 0) is 67.3 Å². The van der Waals surface area contributed by atoms with Crippen LogP contribution in [0.4, 0.5) is 10.5 Å². The molecule has 1 unspecified atom stereocenters. The molecular formula is C24H31N3O2S.